The van der Waals surface area contributed by atoms with Crippen LogP contribution in [0.15, 0.2) is 24.3 Å². The summed E-state index contributed by atoms with van der Waals surface area (Å²) >= 11 is 5.75. The molecule has 0 saturated carbocycles. The monoisotopic (exact) mass is 286 g/mol. The Morgan fingerprint density at radius 1 is 1.37 bits per heavy atom. The van der Waals surface area contributed by atoms with E-state index in [0.717, 1.165) is 4.68 Å². The first-order valence-corrected chi connectivity index (χ1v) is 5.34. The van der Waals surface area contributed by atoms with E-state index >= 15 is 0 Å². The molecule has 0 aliphatic carbocycles. The molecule has 0 atom stereocenters. The van der Waals surface area contributed by atoms with Gasteiger partial charge in [-0.3, -0.25) is 0 Å². The number of nitrogens with two attached hydrogens (primary N) is 1. The fraction of sp³-hybridized carbons (Fsp3) is 0.0909. The normalized spacial score (nSPS) is 11.3. The van der Waals surface area contributed by atoms with Crippen molar-refractivity contribution in [3.05, 3.63) is 40.5 Å². The number of hydrogen-bond donors (Lipinski definition) is 1. The number of nitrogens with zero attached hydrogens (tertiary/aromatic N) is 3. The van der Waals surface area contributed by atoms with Crippen LogP contribution in [0.2, 0.25) is 5.02 Å². The summed E-state index contributed by atoms with van der Waals surface area (Å²) in [5, 5.41) is 12.4. The second-order valence-corrected chi connectivity index (χ2v) is 4.05. The molecule has 0 radical (unpaired) electrons. The van der Waals surface area contributed by atoms with Crippen LogP contribution >= 0.6 is 11.6 Å². The lowest BCUT2D eigenvalue weighted by atomic mass is 10.2. The van der Waals surface area contributed by atoms with E-state index in [1.165, 1.54) is 24.3 Å². The van der Waals surface area contributed by atoms with Crippen LogP contribution in [-0.4, -0.2) is 9.78 Å². The summed E-state index contributed by atoms with van der Waals surface area (Å²) in [5.74, 6) is -0.378. The summed E-state index contributed by atoms with van der Waals surface area (Å²) < 4.78 is 39.0. The molecule has 19 heavy (non-hydrogen) atoms. The van der Waals surface area contributed by atoms with Crippen molar-refractivity contribution in [2.24, 2.45) is 0 Å². The zero-order valence-corrected chi connectivity index (χ0v) is 10.00. The molecule has 0 unspecified atom stereocenters. The van der Waals surface area contributed by atoms with Crippen LogP contribution in [0.4, 0.5) is 19.0 Å². The predicted octanol–water partition coefficient (Wildman–Crippen LogP) is 3.00. The molecule has 1 aromatic heterocycles. The highest BCUT2D eigenvalue weighted by atomic mass is 35.5. The lowest BCUT2D eigenvalue weighted by molar-refractivity contribution is -0.141. The molecule has 98 valence electrons. The van der Waals surface area contributed by atoms with Gasteiger partial charge in [0.1, 0.15) is 17.5 Å². The molecule has 0 aliphatic rings. The molecule has 2 N–H and O–H groups in total. The maximum Gasteiger partial charge on any atom is 0.436 e. The van der Waals surface area contributed by atoms with Gasteiger partial charge in [-0.15, -0.1) is 0 Å². The first-order valence-electron chi connectivity index (χ1n) is 4.96. The number of anilines is 1. The minimum Gasteiger partial charge on any atom is -0.382 e. The average molecular weight is 287 g/mol. The number of aromatic nitrogens is 2. The number of hydrogen-bond acceptors (Lipinski definition) is 3. The van der Waals surface area contributed by atoms with Gasteiger partial charge in [-0.2, -0.15) is 23.5 Å². The molecule has 0 bridgehead atoms. The van der Waals surface area contributed by atoms with Crippen molar-refractivity contribution in [3.63, 3.8) is 0 Å². The highest BCUT2D eigenvalue weighted by Crippen LogP contribution is 2.34. The molecular formula is C11H6ClF3N4. The van der Waals surface area contributed by atoms with Gasteiger partial charge < -0.3 is 5.73 Å². The summed E-state index contributed by atoms with van der Waals surface area (Å²) in [4.78, 5) is 0. The Morgan fingerprint density at radius 2 is 2.05 bits per heavy atom. The van der Waals surface area contributed by atoms with E-state index < -0.39 is 17.4 Å². The molecule has 0 spiro atoms. The van der Waals surface area contributed by atoms with Crippen LogP contribution < -0.4 is 5.73 Å². The maximum absolute atomic E-state index is 12.7. The Bertz CT molecular complexity index is 670. The van der Waals surface area contributed by atoms with Crippen LogP contribution in [0.3, 0.4) is 0 Å². The second-order valence-electron chi connectivity index (χ2n) is 3.61. The van der Waals surface area contributed by atoms with Gasteiger partial charge in [-0.1, -0.05) is 17.7 Å². The van der Waals surface area contributed by atoms with E-state index in [2.05, 4.69) is 5.10 Å². The van der Waals surface area contributed by atoms with Gasteiger partial charge in [0, 0.05) is 5.02 Å². The van der Waals surface area contributed by atoms with E-state index in [4.69, 9.17) is 22.6 Å². The third-order valence-electron chi connectivity index (χ3n) is 2.35. The minimum atomic E-state index is -4.75. The second kappa shape index (κ2) is 4.48. The minimum absolute atomic E-state index is 0.247. The van der Waals surface area contributed by atoms with E-state index in [1.807, 2.05) is 0 Å². The predicted molar refractivity (Wildman–Crippen MR) is 62.7 cm³/mol. The summed E-state index contributed by atoms with van der Waals surface area (Å²) in [6.45, 7) is 0. The fourth-order valence-electron chi connectivity index (χ4n) is 1.54. The number of halogens is 4. The van der Waals surface area contributed by atoms with Crippen molar-refractivity contribution in [2.75, 3.05) is 5.73 Å². The number of alkyl halides is 3. The zero-order chi connectivity index (χ0) is 14.2. The van der Waals surface area contributed by atoms with Gasteiger partial charge in [-0.05, 0) is 18.2 Å². The van der Waals surface area contributed by atoms with Crippen LogP contribution in [0, 0.1) is 11.3 Å². The third kappa shape index (κ3) is 2.35. The molecule has 0 fully saturated rings. The van der Waals surface area contributed by atoms with Gasteiger partial charge in [0.05, 0.1) is 5.69 Å². The lowest BCUT2D eigenvalue weighted by Crippen LogP contribution is -2.08. The Kier molecular flexibility index (Phi) is 3.12. The summed E-state index contributed by atoms with van der Waals surface area (Å²) in [6.07, 6.45) is -4.75. The van der Waals surface area contributed by atoms with E-state index in [-0.39, 0.29) is 11.5 Å². The van der Waals surface area contributed by atoms with Gasteiger partial charge in [0.15, 0.2) is 5.69 Å². The summed E-state index contributed by atoms with van der Waals surface area (Å²) in [7, 11) is 0. The number of nitriles is 1. The van der Waals surface area contributed by atoms with Gasteiger partial charge in [0.25, 0.3) is 0 Å². The number of nitrogen functional groups attached to an aromatic ring is 1. The Morgan fingerprint density at radius 3 is 2.53 bits per heavy atom. The van der Waals surface area contributed by atoms with Crippen molar-refractivity contribution in [2.45, 2.75) is 6.18 Å². The third-order valence-corrected chi connectivity index (χ3v) is 2.59. The molecular weight excluding hydrogens is 281 g/mol. The Labute approximate surface area is 110 Å². The van der Waals surface area contributed by atoms with Crippen LogP contribution in [-0.2, 0) is 6.18 Å². The molecule has 0 saturated heterocycles. The maximum atomic E-state index is 12.7. The quantitative estimate of drug-likeness (QED) is 0.876. The first kappa shape index (κ1) is 13.2. The van der Waals surface area contributed by atoms with Crippen LogP contribution in [0.25, 0.3) is 5.69 Å². The van der Waals surface area contributed by atoms with Gasteiger partial charge >= 0.3 is 6.18 Å². The average Bonchev–Trinajstić information content (AvgIpc) is 2.66. The molecule has 1 heterocycles. The van der Waals surface area contributed by atoms with Crippen molar-refractivity contribution >= 4 is 17.4 Å². The summed E-state index contributed by atoms with van der Waals surface area (Å²) in [6, 6.07) is 7.39. The molecule has 2 aromatic rings. The fourth-order valence-corrected chi connectivity index (χ4v) is 1.73. The van der Waals surface area contributed by atoms with E-state index in [0.29, 0.717) is 5.02 Å². The SMILES string of the molecule is N#Cc1c(C(F)(F)F)nn(-c2cccc(Cl)c2)c1N. The molecule has 4 nitrogen and oxygen atoms in total. The van der Waals surface area contributed by atoms with Crippen molar-refractivity contribution in [1.29, 1.82) is 5.26 Å². The van der Waals surface area contributed by atoms with Crippen molar-refractivity contribution in [3.8, 4) is 11.8 Å². The van der Waals surface area contributed by atoms with Crippen LogP contribution in [0.1, 0.15) is 11.3 Å². The smallest absolute Gasteiger partial charge is 0.382 e. The first-order chi connectivity index (χ1) is 8.84. The molecule has 0 amide bonds. The van der Waals surface area contributed by atoms with Gasteiger partial charge in [0.2, 0.25) is 0 Å². The topological polar surface area (TPSA) is 67.6 Å². The van der Waals surface area contributed by atoms with E-state index in [9.17, 15) is 13.2 Å². The summed E-state index contributed by atoms with van der Waals surface area (Å²) in [5.41, 5.74) is 3.76. The lowest BCUT2D eigenvalue weighted by Gasteiger charge is -2.04. The van der Waals surface area contributed by atoms with Gasteiger partial charge in [-0.25, -0.2) is 4.68 Å². The number of benzene rings is 1. The van der Waals surface area contributed by atoms with Crippen LogP contribution in [0.5, 0.6) is 0 Å². The Balaban J connectivity index is 2.68. The zero-order valence-electron chi connectivity index (χ0n) is 9.24. The Hall–Kier alpha value is -2.20. The molecule has 0 aliphatic heterocycles. The highest BCUT2D eigenvalue weighted by Gasteiger charge is 2.39. The molecule has 8 heteroatoms. The molecule has 2 rings (SSSR count). The highest BCUT2D eigenvalue weighted by molar-refractivity contribution is 6.30. The van der Waals surface area contributed by atoms with Crippen molar-refractivity contribution < 1.29 is 13.2 Å². The number of rotatable bonds is 1. The van der Waals surface area contributed by atoms with Crippen molar-refractivity contribution in [1.82, 2.24) is 9.78 Å². The largest absolute Gasteiger partial charge is 0.436 e. The van der Waals surface area contributed by atoms with E-state index in [1.54, 1.807) is 6.07 Å². The molecule has 1 aromatic carbocycles. The standard InChI is InChI=1S/C11H6ClF3N4/c12-6-2-1-3-7(4-6)19-10(17)8(5-16)9(18-19)11(13,14)15/h1-4H,17H2.